The molecule has 5 aromatic rings. The van der Waals surface area contributed by atoms with Crippen molar-refractivity contribution in [3.05, 3.63) is 70.3 Å². The monoisotopic (exact) mass is 712 g/mol. The fourth-order valence-corrected chi connectivity index (χ4v) is 7.17. The fourth-order valence-electron chi connectivity index (χ4n) is 7.17. The van der Waals surface area contributed by atoms with Gasteiger partial charge in [0.05, 0.1) is 24.2 Å². The Balaban J connectivity index is 1.25. The van der Waals surface area contributed by atoms with Gasteiger partial charge in [0.25, 0.3) is 5.91 Å². The number of carbonyl (C=O) groups excluding carboxylic acids is 2. The summed E-state index contributed by atoms with van der Waals surface area (Å²) in [6.07, 6.45) is 3.76. The highest BCUT2D eigenvalue weighted by atomic mass is 19.1. The van der Waals surface area contributed by atoms with E-state index < -0.39 is 17.2 Å². The van der Waals surface area contributed by atoms with E-state index in [1.807, 2.05) is 74.3 Å². The number of aromatic nitrogens is 1. The summed E-state index contributed by atoms with van der Waals surface area (Å²) in [6, 6.07) is 12.4. The molecule has 0 spiro atoms. The third-order valence-electron chi connectivity index (χ3n) is 9.77. The number of pyridine rings is 1. The maximum atomic E-state index is 16.4. The molecule has 0 unspecified atom stereocenters. The Morgan fingerprint density at radius 1 is 1.04 bits per heavy atom. The Labute approximate surface area is 301 Å². The van der Waals surface area contributed by atoms with E-state index in [0.29, 0.717) is 73.9 Å². The number of nitrogens with zero attached hydrogens (tertiary/aromatic N) is 4. The Morgan fingerprint density at radius 3 is 2.67 bits per heavy atom. The van der Waals surface area contributed by atoms with Gasteiger partial charge in [-0.3, -0.25) is 19.3 Å². The number of benzene rings is 3. The molecule has 2 aromatic heterocycles. The van der Waals surface area contributed by atoms with E-state index in [9.17, 15) is 14.4 Å². The number of anilines is 1. The van der Waals surface area contributed by atoms with Gasteiger partial charge in [-0.2, -0.15) is 0 Å². The molecule has 7 rings (SSSR count). The Kier molecular flexibility index (Phi) is 10.2. The first-order chi connectivity index (χ1) is 25.1. The summed E-state index contributed by atoms with van der Waals surface area (Å²) >= 11 is 0. The number of hydrogen-bond acceptors (Lipinski definition) is 9. The summed E-state index contributed by atoms with van der Waals surface area (Å²) in [6.45, 7) is 6.03. The summed E-state index contributed by atoms with van der Waals surface area (Å²) < 4.78 is 36.4. The van der Waals surface area contributed by atoms with Crippen LogP contribution < -0.4 is 25.7 Å². The highest BCUT2D eigenvalue weighted by Gasteiger charge is 2.34. The summed E-state index contributed by atoms with van der Waals surface area (Å²) in [7, 11) is 5.85. The van der Waals surface area contributed by atoms with Gasteiger partial charge < -0.3 is 38.9 Å². The number of unbranched alkanes of at least 4 members (excludes halogenated alkanes) is 1. The van der Waals surface area contributed by atoms with Crippen molar-refractivity contribution in [3.8, 4) is 17.2 Å². The smallest absolute Gasteiger partial charge is 0.256 e. The summed E-state index contributed by atoms with van der Waals surface area (Å²) in [5.74, 6) is -0.674. The number of rotatable bonds is 14. The predicted molar refractivity (Wildman–Crippen MR) is 200 cm³/mol. The van der Waals surface area contributed by atoms with Crippen molar-refractivity contribution in [1.82, 2.24) is 25.0 Å². The van der Waals surface area contributed by atoms with Gasteiger partial charge in [-0.05, 0) is 72.1 Å². The van der Waals surface area contributed by atoms with E-state index in [4.69, 9.17) is 13.9 Å². The van der Waals surface area contributed by atoms with Crippen molar-refractivity contribution in [3.63, 3.8) is 0 Å². The minimum absolute atomic E-state index is 0.0333. The van der Waals surface area contributed by atoms with Gasteiger partial charge in [-0.25, -0.2) is 4.39 Å². The highest BCUT2D eigenvalue weighted by Crippen LogP contribution is 2.49. The van der Waals surface area contributed by atoms with Crippen LogP contribution in [0.15, 0.2) is 57.9 Å². The lowest BCUT2D eigenvalue weighted by atomic mass is 10.0. The molecule has 274 valence electrons. The van der Waals surface area contributed by atoms with Crippen molar-refractivity contribution in [1.29, 1.82) is 0 Å². The zero-order valence-electron chi connectivity index (χ0n) is 30.1. The van der Waals surface area contributed by atoms with E-state index in [1.165, 1.54) is 12.3 Å². The molecule has 2 aliphatic rings. The van der Waals surface area contributed by atoms with Crippen LogP contribution in [0.2, 0.25) is 0 Å². The van der Waals surface area contributed by atoms with Crippen molar-refractivity contribution < 1.29 is 27.9 Å². The lowest BCUT2D eigenvalue weighted by Gasteiger charge is -2.29. The first-order valence-electron chi connectivity index (χ1n) is 17.9. The standard InChI is InChI=1S/C39H45FN6O6/c1-5-50-17-16-44(4)23-34(47)42-24-12-15-45(21-24)36-29(40)18-27-35-38(36)52-33-19-26-25-10-6-7-11-31(25)51-32(26)20-30(33)46(35)22-28(37(27)48)39(49)41-13-8-9-14-43(2)3/h6-7,10-11,18-20,22,24H,5,8-9,12-17,21,23H2,1-4H3,(H,41,49)(H,42,47)/t24-/m1/s1. The molecule has 13 heteroatoms. The van der Waals surface area contributed by atoms with Gasteiger partial charge in [-0.1, -0.05) is 18.2 Å². The van der Waals surface area contributed by atoms with E-state index >= 15 is 4.39 Å². The molecule has 0 aliphatic carbocycles. The summed E-state index contributed by atoms with van der Waals surface area (Å²) in [4.78, 5) is 46.2. The zero-order chi connectivity index (χ0) is 36.5. The average Bonchev–Trinajstić information content (AvgIpc) is 3.71. The molecule has 52 heavy (non-hydrogen) atoms. The number of furan rings is 1. The van der Waals surface area contributed by atoms with Gasteiger partial charge in [0.2, 0.25) is 11.3 Å². The van der Waals surface area contributed by atoms with Gasteiger partial charge in [0.1, 0.15) is 27.9 Å². The third-order valence-corrected chi connectivity index (χ3v) is 9.77. The van der Waals surface area contributed by atoms with Gasteiger partial charge >= 0.3 is 0 Å². The van der Waals surface area contributed by atoms with Crippen LogP contribution >= 0.6 is 0 Å². The van der Waals surface area contributed by atoms with E-state index in [0.717, 1.165) is 30.2 Å². The second-order valence-corrected chi connectivity index (χ2v) is 13.9. The number of carbonyl (C=O) groups is 2. The van der Waals surface area contributed by atoms with Crippen molar-refractivity contribution >= 4 is 50.3 Å². The predicted octanol–water partition coefficient (Wildman–Crippen LogP) is 4.87. The molecule has 1 saturated heterocycles. The normalized spacial score (nSPS) is 15.2. The maximum absolute atomic E-state index is 16.4. The molecule has 3 aromatic carbocycles. The van der Waals surface area contributed by atoms with Gasteiger partial charge in [0.15, 0.2) is 17.3 Å². The fraction of sp³-hybridized carbons (Fsp3) is 0.410. The van der Waals surface area contributed by atoms with E-state index in [-0.39, 0.29) is 40.9 Å². The second-order valence-electron chi connectivity index (χ2n) is 13.9. The quantitative estimate of drug-likeness (QED) is 0.153. The van der Waals surface area contributed by atoms with Crippen LogP contribution in [0, 0.1) is 5.82 Å². The molecule has 12 nitrogen and oxygen atoms in total. The number of likely N-dealkylation sites (N-methyl/N-ethyl adjacent to an activating group) is 1. The number of amides is 2. The molecule has 0 bridgehead atoms. The summed E-state index contributed by atoms with van der Waals surface area (Å²) in [5.41, 5.74) is 1.75. The first kappa shape index (κ1) is 35.4. The highest BCUT2D eigenvalue weighted by molar-refractivity contribution is 6.07. The molecule has 0 radical (unpaired) electrons. The number of fused-ring (bicyclic) bond motifs is 5. The lowest BCUT2D eigenvalue weighted by molar-refractivity contribution is -0.122. The van der Waals surface area contributed by atoms with Crippen LogP contribution in [0.3, 0.4) is 0 Å². The zero-order valence-corrected chi connectivity index (χ0v) is 30.1. The molecule has 2 N–H and O–H groups in total. The van der Waals surface area contributed by atoms with Crippen LogP contribution in [0.5, 0.6) is 11.5 Å². The van der Waals surface area contributed by atoms with E-state index in [1.54, 1.807) is 4.57 Å². The SMILES string of the molecule is CCOCCN(C)CC(=O)N[C@@H]1CCN(c2c(F)cc3c(=O)c(C(=O)NCCCCN(C)C)cn4c3c2Oc2cc3c(cc2-4)oc2ccccc23)C1. The topological polar surface area (TPSA) is 122 Å². The lowest BCUT2D eigenvalue weighted by Crippen LogP contribution is -2.43. The summed E-state index contributed by atoms with van der Waals surface area (Å²) in [5, 5.41) is 7.72. The molecule has 4 heterocycles. The Hall–Kier alpha value is -4.98. The Morgan fingerprint density at radius 2 is 1.87 bits per heavy atom. The number of para-hydroxylation sites is 1. The Bertz CT molecular complexity index is 2210. The minimum Gasteiger partial charge on any atom is -0.456 e. The molecular formula is C39H45FN6O6. The van der Waals surface area contributed by atoms with Crippen LogP contribution in [-0.2, 0) is 9.53 Å². The second kappa shape index (κ2) is 14.9. The van der Waals surface area contributed by atoms with Crippen molar-refractivity contribution in [2.45, 2.75) is 32.2 Å². The largest absolute Gasteiger partial charge is 0.456 e. The molecule has 1 atom stereocenters. The molecule has 2 aliphatic heterocycles. The number of halogens is 1. The minimum atomic E-state index is -0.645. The third kappa shape index (κ3) is 6.95. The van der Waals surface area contributed by atoms with Gasteiger partial charge in [-0.15, -0.1) is 0 Å². The number of nitrogens with one attached hydrogen (secondary N) is 2. The van der Waals surface area contributed by atoms with Crippen LogP contribution in [0.4, 0.5) is 10.1 Å². The number of hydrogen-bond donors (Lipinski definition) is 2. The average molecular weight is 713 g/mol. The van der Waals surface area contributed by atoms with Crippen molar-refractivity contribution in [2.75, 3.05) is 78.5 Å². The van der Waals surface area contributed by atoms with Crippen molar-refractivity contribution in [2.24, 2.45) is 0 Å². The molecular weight excluding hydrogens is 667 g/mol. The molecule has 2 amide bonds. The molecule has 1 fully saturated rings. The van der Waals surface area contributed by atoms with Crippen LogP contribution in [-0.4, -0.2) is 106 Å². The first-order valence-corrected chi connectivity index (χ1v) is 17.9. The number of ether oxygens (including phenoxy) is 2. The van der Waals surface area contributed by atoms with Crippen LogP contribution in [0.1, 0.15) is 36.5 Å². The van der Waals surface area contributed by atoms with Gasteiger partial charge in [0, 0.05) is 61.9 Å². The molecule has 0 saturated carbocycles. The van der Waals surface area contributed by atoms with E-state index in [2.05, 4.69) is 15.5 Å². The van der Waals surface area contributed by atoms with Crippen LogP contribution in [0.25, 0.3) is 38.5 Å². The maximum Gasteiger partial charge on any atom is 0.256 e.